The van der Waals surface area contributed by atoms with Gasteiger partial charge in [-0.1, -0.05) is 24.3 Å². The Balaban J connectivity index is 1.95. The molecule has 2 atom stereocenters. The summed E-state index contributed by atoms with van der Waals surface area (Å²) in [5, 5.41) is -0.0261. The Morgan fingerprint density at radius 2 is 2.11 bits per heavy atom. The average molecular weight is 269 g/mol. The summed E-state index contributed by atoms with van der Waals surface area (Å²) >= 11 is 6.49. The fraction of sp³-hybridized carbons (Fsp3) is 0.600. The molecule has 1 aliphatic heterocycles. The highest BCUT2D eigenvalue weighted by Crippen LogP contribution is 2.31. The van der Waals surface area contributed by atoms with Gasteiger partial charge in [0.25, 0.3) is 0 Å². The smallest absolute Gasteiger partial charge is 0.0847 e. The molecule has 1 aliphatic rings. The van der Waals surface area contributed by atoms with Crippen molar-refractivity contribution in [2.75, 3.05) is 20.3 Å². The van der Waals surface area contributed by atoms with E-state index in [1.54, 1.807) is 7.11 Å². The molecule has 1 aromatic rings. The van der Waals surface area contributed by atoms with Crippen LogP contribution >= 0.6 is 11.6 Å². The van der Waals surface area contributed by atoms with E-state index in [1.165, 1.54) is 12.0 Å². The molecule has 1 saturated heterocycles. The second-order valence-corrected chi connectivity index (χ2v) is 5.26. The molecule has 0 N–H and O–H groups in total. The van der Waals surface area contributed by atoms with E-state index in [0.717, 1.165) is 38.0 Å². The standard InChI is InChI=1S/C15H21ClO2/c1-17-11-9-12-5-7-13(8-6-12)15(16)14-4-2-3-10-18-14/h5-8,14-15H,2-4,9-11H2,1H3. The van der Waals surface area contributed by atoms with E-state index < -0.39 is 0 Å². The van der Waals surface area contributed by atoms with Crippen molar-refractivity contribution in [1.29, 1.82) is 0 Å². The van der Waals surface area contributed by atoms with Gasteiger partial charge in [-0.15, -0.1) is 11.6 Å². The molecule has 18 heavy (non-hydrogen) atoms. The van der Waals surface area contributed by atoms with E-state index in [9.17, 15) is 0 Å². The molecule has 2 unspecified atom stereocenters. The van der Waals surface area contributed by atoms with Crippen molar-refractivity contribution >= 4 is 11.6 Å². The second-order valence-electron chi connectivity index (χ2n) is 4.79. The average Bonchev–Trinajstić information content (AvgIpc) is 2.46. The number of hydrogen-bond acceptors (Lipinski definition) is 2. The predicted molar refractivity (Wildman–Crippen MR) is 74.2 cm³/mol. The summed E-state index contributed by atoms with van der Waals surface area (Å²) in [4.78, 5) is 0. The first-order valence-electron chi connectivity index (χ1n) is 6.64. The normalized spacial score (nSPS) is 21.8. The third kappa shape index (κ3) is 3.71. The van der Waals surface area contributed by atoms with Crippen molar-refractivity contribution in [3.63, 3.8) is 0 Å². The minimum atomic E-state index is -0.0261. The first-order chi connectivity index (χ1) is 8.81. The van der Waals surface area contributed by atoms with Crippen LogP contribution < -0.4 is 0 Å². The molecular weight excluding hydrogens is 248 g/mol. The number of benzene rings is 1. The van der Waals surface area contributed by atoms with Crippen molar-refractivity contribution in [3.05, 3.63) is 35.4 Å². The number of rotatable bonds is 5. The van der Waals surface area contributed by atoms with Crippen LogP contribution in [0.1, 0.15) is 35.8 Å². The first-order valence-corrected chi connectivity index (χ1v) is 7.08. The molecule has 3 heteroatoms. The molecule has 2 nitrogen and oxygen atoms in total. The molecular formula is C15H21ClO2. The lowest BCUT2D eigenvalue weighted by Crippen LogP contribution is -2.23. The third-order valence-corrected chi connectivity index (χ3v) is 3.97. The molecule has 0 saturated carbocycles. The van der Waals surface area contributed by atoms with Crippen LogP contribution in [0.5, 0.6) is 0 Å². The highest BCUT2D eigenvalue weighted by molar-refractivity contribution is 6.21. The summed E-state index contributed by atoms with van der Waals surface area (Å²) in [6.45, 7) is 1.61. The molecule has 2 rings (SSSR count). The van der Waals surface area contributed by atoms with Crippen molar-refractivity contribution in [2.24, 2.45) is 0 Å². The van der Waals surface area contributed by atoms with Gasteiger partial charge in [-0.3, -0.25) is 0 Å². The lowest BCUT2D eigenvalue weighted by Gasteiger charge is -2.27. The van der Waals surface area contributed by atoms with E-state index in [2.05, 4.69) is 24.3 Å². The Bertz CT molecular complexity index is 344. The maximum absolute atomic E-state index is 6.49. The van der Waals surface area contributed by atoms with Crippen LogP contribution in [0.2, 0.25) is 0 Å². The maximum Gasteiger partial charge on any atom is 0.0847 e. The Morgan fingerprint density at radius 3 is 2.72 bits per heavy atom. The quantitative estimate of drug-likeness (QED) is 0.758. The zero-order chi connectivity index (χ0) is 12.8. The van der Waals surface area contributed by atoms with Gasteiger partial charge in [-0.25, -0.2) is 0 Å². The first kappa shape index (κ1) is 13.9. The van der Waals surface area contributed by atoms with Gasteiger partial charge in [0.05, 0.1) is 18.1 Å². The van der Waals surface area contributed by atoms with Crippen molar-refractivity contribution in [2.45, 2.75) is 37.2 Å². The SMILES string of the molecule is COCCc1ccc(C(Cl)C2CCCCO2)cc1. The molecule has 0 aliphatic carbocycles. The van der Waals surface area contributed by atoms with Crippen molar-refractivity contribution < 1.29 is 9.47 Å². The minimum absolute atomic E-state index is 0.0261. The lowest BCUT2D eigenvalue weighted by atomic mass is 9.99. The largest absolute Gasteiger partial charge is 0.384 e. The van der Waals surface area contributed by atoms with Gasteiger partial charge in [0.1, 0.15) is 0 Å². The molecule has 1 heterocycles. The van der Waals surface area contributed by atoms with E-state index in [-0.39, 0.29) is 11.5 Å². The number of halogens is 1. The van der Waals surface area contributed by atoms with Gasteiger partial charge in [-0.05, 0) is 36.8 Å². The lowest BCUT2D eigenvalue weighted by molar-refractivity contribution is 0.0136. The van der Waals surface area contributed by atoms with Gasteiger partial charge < -0.3 is 9.47 Å². The molecule has 0 amide bonds. The molecule has 0 spiro atoms. The highest BCUT2D eigenvalue weighted by Gasteiger charge is 2.23. The van der Waals surface area contributed by atoms with Crippen molar-refractivity contribution in [3.8, 4) is 0 Å². The monoisotopic (exact) mass is 268 g/mol. The molecule has 1 fully saturated rings. The molecule has 100 valence electrons. The van der Waals surface area contributed by atoms with Gasteiger partial charge in [-0.2, -0.15) is 0 Å². The minimum Gasteiger partial charge on any atom is -0.384 e. The highest BCUT2D eigenvalue weighted by atomic mass is 35.5. The van der Waals surface area contributed by atoms with Crippen LogP contribution in [0.3, 0.4) is 0 Å². The summed E-state index contributed by atoms with van der Waals surface area (Å²) in [6, 6.07) is 8.49. The Hall–Kier alpha value is -0.570. The summed E-state index contributed by atoms with van der Waals surface area (Å²) < 4.78 is 10.8. The number of ether oxygens (including phenoxy) is 2. The third-order valence-electron chi connectivity index (χ3n) is 3.43. The second kappa shape index (κ2) is 7.13. The van der Waals surface area contributed by atoms with Gasteiger partial charge >= 0.3 is 0 Å². The van der Waals surface area contributed by atoms with Crippen LogP contribution in [-0.4, -0.2) is 26.4 Å². The topological polar surface area (TPSA) is 18.5 Å². The summed E-state index contributed by atoms with van der Waals surface area (Å²) in [5.41, 5.74) is 2.44. The summed E-state index contributed by atoms with van der Waals surface area (Å²) in [6.07, 6.45) is 4.57. The summed E-state index contributed by atoms with van der Waals surface area (Å²) in [5.74, 6) is 0. The Kier molecular flexibility index (Phi) is 5.48. The van der Waals surface area contributed by atoms with E-state index in [0.29, 0.717) is 0 Å². The number of hydrogen-bond donors (Lipinski definition) is 0. The molecule has 0 bridgehead atoms. The van der Waals surface area contributed by atoms with Crippen LogP contribution in [0.15, 0.2) is 24.3 Å². The van der Waals surface area contributed by atoms with Gasteiger partial charge in [0.2, 0.25) is 0 Å². The zero-order valence-corrected chi connectivity index (χ0v) is 11.7. The zero-order valence-electron chi connectivity index (χ0n) is 10.9. The fourth-order valence-electron chi connectivity index (χ4n) is 2.30. The van der Waals surface area contributed by atoms with E-state index in [4.69, 9.17) is 21.1 Å². The summed E-state index contributed by atoms with van der Waals surface area (Å²) in [7, 11) is 1.73. The van der Waals surface area contributed by atoms with Crippen LogP contribution in [-0.2, 0) is 15.9 Å². The Labute approximate surface area is 114 Å². The molecule has 1 aromatic carbocycles. The predicted octanol–water partition coefficient (Wildman–Crippen LogP) is 3.72. The van der Waals surface area contributed by atoms with Gasteiger partial charge in [0, 0.05) is 13.7 Å². The van der Waals surface area contributed by atoms with Crippen molar-refractivity contribution in [1.82, 2.24) is 0 Å². The maximum atomic E-state index is 6.49. The molecule has 0 radical (unpaired) electrons. The number of alkyl halides is 1. The van der Waals surface area contributed by atoms with Crippen LogP contribution in [0, 0.1) is 0 Å². The van der Waals surface area contributed by atoms with Crippen LogP contribution in [0.4, 0.5) is 0 Å². The Morgan fingerprint density at radius 1 is 1.33 bits per heavy atom. The van der Waals surface area contributed by atoms with Crippen LogP contribution in [0.25, 0.3) is 0 Å². The van der Waals surface area contributed by atoms with E-state index in [1.807, 2.05) is 0 Å². The number of methoxy groups -OCH3 is 1. The van der Waals surface area contributed by atoms with E-state index >= 15 is 0 Å². The molecule has 0 aromatic heterocycles. The fourth-order valence-corrected chi connectivity index (χ4v) is 2.64. The van der Waals surface area contributed by atoms with Gasteiger partial charge in [0.15, 0.2) is 0 Å².